The third-order valence-corrected chi connectivity index (χ3v) is 4.01. The molecular weight excluding hydrogens is 296 g/mol. The van der Waals surface area contributed by atoms with E-state index in [1.54, 1.807) is 11.8 Å². The van der Waals surface area contributed by atoms with Crippen molar-refractivity contribution in [1.29, 1.82) is 0 Å². The molecule has 23 heavy (non-hydrogen) atoms. The van der Waals surface area contributed by atoms with E-state index in [2.05, 4.69) is 5.32 Å². The minimum atomic E-state index is -0.735. The van der Waals surface area contributed by atoms with Gasteiger partial charge in [0, 0.05) is 20.2 Å². The Balaban J connectivity index is 1.91. The summed E-state index contributed by atoms with van der Waals surface area (Å²) in [7, 11) is 1.52. The second-order valence-corrected chi connectivity index (χ2v) is 5.66. The molecule has 1 saturated heterocycles. The van der Waals surface area contributed by atoms with E-state index >= 15 is 0 Å². The number of carbonyl (C=O) groups excluding carboxylic acids is 2. The summed E-state index contributed by atoms with van der Waals surface area (Å²) in [4.78, 5) is 26.3. The lowest BCUT2D eigenvalue weighted by molar-refractivity contribution is -0.135. The van der Waals surface area contributed by atoms with Gasteiger partial charge in [-0.3, -0.25) is 4.79 Å². The van der Waals surface area contributed by atoms with Gasteiger partial charge < -0.3 is 19.7 Å². The number of alkyl carbamates (subject to hydrolysis) is 1. The Labute approximate surface area is 136 Å². The molecule has 2 amide bonds. The molecule has 1 fully saturated rings. The molecule has 0 bridgehead atoms. The van der Waals surface area contributed by atoms with E-state index in [1.165, 1.54) is 7.11 Å². The molecule has 0 saturated carbocycles. The third kappa shape index (κ3) is 4.96. The molecule has 0 unspecified atom stereocenters. The van der Waals surface area contributed by atoms with Gasteiger partial charge in [0.05, 0.1) is 6.10 Å². The highest BCUT2D eigenvalue weighted by molar-refractivity contribution is 5.86. The van der Waals surface area contributed by atoms with Crippen LogP contribution in [0.5, 0.6) is 0 Å². The lowest BCUT2D eigenvalue weighted by atomic mass is 10.1. The van der Waals surface area contributed by atoms with Crippen molar-refractivity contribution in [3.05, 3.63) is 35.9 Å². The van der Waals surface area contributed by atoms with Crippen LogP contribution in [-0.2, 0) is 20.9 Å². The van der Waals surface area contributed by atoms with Crippen molar-refractivity contribution in [2.24, 2.45) is 0 Å². The zero-order valence-electron chi connectivity index (χ0n) is 13.7. The van der Waals surface area contributed by atoms with Crippen LogP contribution in [0, 0.1) is 0 Å². The summed E-state index contributed by atoms with van der Waals surface area (Å²) < 4.78 is 10.4. The van der Waals surface area contributed by atoms with Crippen LogP contribution in [0.3, 0.4) is 0 Å². The van der Waals surface area contributed by atoms with E-state index < -0.39 is 18.2 Å². The smallest absolute Gasteiger partial charge is 0.408 e. The van der Waals surface area contributed by atoms with Crippen LogP contribution in [0.1, 0.15) is 25.3 Å². The van der Waals surface area contributed by atoms with Crippen LogP contribution >= 0.6 is 0 Å². The Hall–Kier alpha value is -2.08. The van der Waals surface area contributed by atoms with Crippen molar-refractivity contribution >= 4 is 12.0 Å². The molecule has 6 nitrogen and oxygen atoms in total. The topological polar surface area (TPSA) is 67.9 Å². The van der Waals surface area contributed by atoms with Gasteiger partial charge in [-0.1, -0.05) is 30.3 Å². The van der Waals surface area contributed by atoms with E-state index in [1.807, 2.05) is 30.3 Å². The second-order valence-electron chi connectivity index (χ2n) is 5.66. The summed E-state index contributed by atoms with van der Waals surface area (Å²) in [5.74, 6) is -0.117. The zero-order chi connectivity index (χ0) is 16.7. The summed E-state index contributed by atoms with van der Waals surface area (Å²) in [5, 5.41) is 2.64. The van der Waals surface area contributed by atoms with Gasteiger partial charge >= 0.3 is 6.09 Å². The second kappa shape index (κ2) is 8.53. The van der Waals surface area contributed by atoms with Crippen molar-refractivity contribution in [1.82, 2.24) is 10.2 Å². The number of benzene rings is 1. The highest BCUT2D eigenvalue weighted by Gasteiger charge is 2.32. The van der Waals surface area contributed by atoms with Crippen molar-refractivity contribution in [3.8, 4) is 0 Å². The van der Waals surface area contributed by atoms with Gasteiger partial charge in [-0.15, -0.1) is 0 Å². The molecule has 0 spiro atoms. The fourth-order valence-electron chi connectivity index (χ4n) is 2.54. The van der Waals surface area contributed by atoms with Crippen LogP contribution in [0.25, 0.3) is 0 Å². The maximum Gasteiger partial charge on any atom is 0.408 e. The quantitative estimate of drug-likeness (QED) is 0.870. The molecule has 1 aromatic carbocycles. The van der Waals surface area contributed by atoms with E-state index in [-0.39, 0.29) is 12.5 Å². The monoisotopic (exact) mass is 320 g/mol. The number of nitrogens with one attached hydrogen (secondary N) is 1. The molecule has 1 heterocycles. The Morgan fingerprint density at radius 3 is 2.48 bits per heavy atom. The first-order valence-electron chi connectivity index (χ1n) is 7.90. The van der Waals surface area contributed by atoms with Gasteiger partial charge in [0.15, 0.2) is 0 Å². The molecule has 1 aromatic rings. The molecule has 6 heteroatoms. The molecule has 0 aliphatic carbocycles. The Kier molecular flexibility index (Phi) is 6.40. The van der Waals surface area contributed by atoms with Crippen LogP contribution in [0.2, 0.25) is 0 Å². The number of ether oxygens (including phenoxy) is 2. The van der Waals surface area contributed by atoms with E-state index in [9.17, 15) is 9.59 Å². The number of carbonyl (C=O) groups is 2. The van der Waals surface area contributed by atoms with Crippen molar-refractivity contribution in [2.45, 2.75) is 38.5 Å². The van der Waals surface area contributed by atoms with Crippen molar-refractivity contribution < 1.29 is 19.1 Å². The highest BCUT2D eigenvalue weighted by atomic mass is 16.5. The number of amides is 2. The molecule has 1 aliphatic heterocycles. The summed E-state index contributed by atoms with van der Waals surface area (Å²) in [6.45, 7) is 3.38. The molecule has 126 valence electrons. The van der Waals surface area contributed by atoms with Gasteiger partial charge in [0.25, 0.3) is 0 Å². The fourth-order valence-corrected chi connectivity index (χ4v) is 2.54. The standard InChI is InChI=1S/C17H24N2O4/c1-13(22-2)15(16(20)19-10-6-7-11-19)18-17(21)23-12-14-8-4-3-5-9-14/h3-5,8-9,13,15H,6-7,10-12H2,1-2H3,(H,18,21)/t13-,15+/m1/s1. The van der Waals surface area contributed by atoms with Gasteiger partial charge in [0.1, 0.15) is 12.6 Å². The first kappa shape index (κ1) is 17.3. The average molecular weight is 320 g/mol. The van der Waals surface area contributed by atoms with E-state index in [0.717, 1.165) is 31.5 Å². The number of nitrogens with zero attached hydrogens (tertiary/aromatic N) is 1. The Morgan fingerprint density at radius 1 is 1.22 bits per heavy atom. The number of hydrogen-bond donors (Lipinski definition) is 1. The summed E-state index contributed by atoms with van der Waals surface area (Å²) in [6, 6.07) is 8.66. The lowest BCUT2D eigenvalue weighted by Crippen LogP contribution is -2.53. The largest absolute Gasteiger partial charge is 0.445 e. The van der Waals surface area contributed by atoms with Crippen LogP contribution in [0.15, 0.2) is 30.3 Å². The number of rotatable bonds is 6. The maximum atomic E-state index is 12.5. The highest BCUT2D eigenvalue weighted by Crippen LogP contribution is 2.12. The van der Waals surface area contributed by atoms with Gasteiger partial charge in [-0.05, 0) is 25.3 Å². The van der Waals surface area contributed by atoms with Crippen molar-refractivity contribution in [2.75, 3.05) is 20.2 Å². The first-order chi connectivity index (χ1) is 11.1. The van der Waals surface area contributed by atoms with E-state index in [4.69, 9.17) is 9.47 Å². The van der Waals surface area contributed by atoms with E-state index in [0.29, 0.717) is 0 Å². The summed E-state index contributed by atoms with van der Waals surface area (Å²) >= 11 is 0. The van der Waals surface area contributed by atoms with Gasteiger partial charge in [-0.2, -0.15) is 0 Å². The number of likely N-dealkylation sites (tertiary alicyclic amines) is 1. The molecule has 0 radical (unpaired) electrons. The number of methoxy groups -OCH3 is 1. The first-order valence-corrected chi connectivity index (χ1v) is 7.90. The Morgan fingerprint density at radius 2 is 1.87 bits per heavy atom. The summed E-state index contributed by atoms with van der Waals surface area (Å²) in [5.41, 5.74) is 0.893. The van der Waals surface area contributed by atoms with Crippen LogP contribution < -0.4 is 5.32 Å². The summed E-state index contributed by atoms with van der Waals surface area (Å²) in [6.07, 6.45) is 0.957. The predicted octanol–water partition coefficient (Wildman–Crippen LogP) is 1.94. The maximum absolute atomic E-state index is 12.5. The van der Waals surface area contributed by atoms with Gasteiger partial charge in [-0.25, -0.2) is 4.79 Å². The normalized spacial score (nSPS) is 16.7. The molecule has 2 rings (SSSR count). The van der Waals surface area contributed by atoms with Gasteiger partial charge in [0.2, 0.25) is 5.91 Å². The minimum Gasteiger partial charge on any atom is -0.445 e. The Bertz CT molecular complexity index is 515. The van der Waals surface area contributed by atoms with Crippen molar-refractivity contribution in [3.63, 3.8) is 0 Å². The SMILES string of the molecule is CO[C@H](C)[C@H](NC(=O)OCc1ccccc1)C(=O)N1CCCC1. The molecule has 0 aromatic heterocycles. The minimum absolute atomic E-state index is 0.117. The van der Waals surface area contributed by atoms with Crippen LogP contribution in [-0.4, -0.2) is 49.2 Å². The van der Waals surface area contributed by atoms with Crippen LogP contribution in [0.4, 0.5) is 4.79 Å². The predicted molar refractivity (Wildman–Crippen MR) is 85.8 cm³/mol. The average Bonchev–Trinajstić information content (AvgIpc) is 3.12. The molecule has 1 N–H and O–H groups in total. The fraction of sp³-hybridized carbons (Fsp3) is 0.529. The zero-order valence-corrected chi connectivity index (χ0v) is 13.7. The third-order valence-electron chi connectivity index (χ3n) is 4.01. The molecule has 2 atom stereocenters. The molecule has 1 aliphatic rings. The lowest BCUT2D eigenvalue weighted by Gasteiger charge is -2.27. The number of hydrogen-bond acceptors (Lipinski definition) is 4. The molecular formula is C17H24N2O4.